The first kappa shape index (κ1) is 13.3. The molecule has 1 heterocycles. The Morgan fingerprint density at radius 1 is 1.11 bits per heavy atom. The highest BCUT2D eigenvalue weighted by molar-refractivity contribution is 9.10. The van der Waals surface area contributed by atoms with Gasteiger partial charge in [0.1, 0.15) is 16.2 Å². The second kappa shape index (κ2) is 5.75. The SMILES string of the molecule is OC1CCCCCC1Nc1cc(Br)nc(C2CC2)n1. The van der Waals surface area contributed by atoms with E-state index in [1.54, 1.807) is 0 Å². The Labute approximate surface area is 122 Å². The Bertz CT molecular complexity index is 450. The molecule has 1 aromatic rings. The molecule has 5 heteroatoms. The number of hydrogen-bond acceptors (Lipinski definition) is 4. The maximum atomic E-state index is 10.2. The van der Waals surface area contributed by atoms with Gasteiger partial charge < -0.3 is 10.4 Å². The third kappa shape index (κ3) is 3.45. The van der Waals surface area contributed by atoms with Crippen molar-refractivity contribution in [3.63, 3.8) is 0 Å². The van der Waals surface area contributed by atoms with Crippen molar-refractivity contribution in [1.29, 1.82) is 0 Å². The third-order valence-corrected chi connectivity index (χ3v) is 4.37. The summed E-state index contributed by atoms with van der Waals surface area (Å²) in [4.78, 5) is 9.02. The summed E-state index contributed by atoms with van der Waals surface area (Å²) in [5, 5.41) is 13.6. The molecule has 0 aromatic carbocycles. The summed E-state index contributed by atoms with van der Waals surface area (Å²) < 4.78 is 0.829. The Morgan fingerprint density at radius 3 is 2.68 bits per heavy atom. The van der Waals surface area contributed by atoms with E-state index in [4.69, 9.17) is 0 Å². The van der Waals surface area contributed by atoms with E-state index in [1.165, 1.54) is 25.7 Å². The first-order valence-electron chi connectivity index (χ1n) is 7.21. The van der Waals surface area contributed by atoms with Crippen LogP contribution in [0.15, 0.2) is 10.7 Å². The van der Waals surface area contributed by atoms with Crippen LogP contribution >= 0.6 is 15.9 Å². The largest absolute Gasteiger partial charge is 0.391 e. The molecular formula is C14H20BrN3O. The number of anilines is 1. The molecule has 0 aliphatic heterocycles. The van der Waals surface area contributed by atoms with Crippen LogP contribution in [0.25, 0.3) is 0 Å². The van der Waals surface area contributed by atoms with Gasteiger partial charge in [0.15, 0.2) is 0 Å². The standard InChI is InChI=1S/C14H20BrN3O/c15-12-8-13(18-14(17-12)9-6-7-9)16-10-4-2-1-3-5-11(10)19/h8-11,19H,1-7H2,(H,16,17,18). The Hall–Kier alpha value is -0.680. The summed E-state index contributed by atoms with van der Waals surface area (Å²) in [5.41, 5.74) is 0. The lowest BCUT2D eigenvalue weighted by Crippen LogP contribution is -2.32. The maximum absolute atomic E-state index is 10.2. The second-order valence-corrected chi connectivity index (χ2v) is 6.48. The summed E-state index contributed by atoms with van der Waals surface area (Å²) in [6.07, 6.45) is 7.55. The molecule has 2 unspecified atom stereocenters. The number of rotatable bonds is 3. The minimum Gasteiger partial charge on any atom is -0.391 e. The molecule has 2 N–H and O–H groups in total. The topological polar surface area (TPSA) is 58.0 Å². The molecule has 2 fully saturated rings. The monoisotopic (exact) mass is 325 g/mol. The normalized spacial score (nSPS) is 27.9. The van der Waals surface area contributed by atoms with Crippen molar-refractivity contribution < 1.29 is 5.11 Å². The van der Waals surface area contributed by atoms with Gasteiger partial charge in [-0.2, -0.15) is 0 Å². The predicted octanol–water partition coefficient (Wildman–Crippen LogP) is 3.22. The molecule has 19 heavy (non-hydrogen) atoms. The van der Waals surface area contributed by atoms with Crippen LogP contribution in [0.2, 0.25) is 0 Å². The molecule has 104 valence electrons. The van der Waals surface area contributed by atoms with Crippen molar-refractivity contribution in [1.82, 2.24) is 9.97 Å². The van der Waals surface area contributed by atoms with Crippen LogP contribution < -0.4 is 5.32 Å². The predicted molar refractivity (Wildman–Crippen MR) is 78.2 cm³/mol. The lowest BCUT2D eigenvalue weighted by Gasteiger charge is -2.22. The van der Waals surface area contributed by atoms with E-state index >= 15 is 0 Å². The lowest BCUT2D eigenvalue weighted by molar-refractivity contribution is 0.144. The maximum Gasteiger partial charge on any atom is 0.135 e. The summed E-state index contributed by atoms with van der Waals surface area (Å²) in [6, 6.07) is 2.03. The molecule has 0 saturated heterocycles. The van der Waals surface area contributed by atoms with Gasteiger partial charge in [-0.3, -0.25) is 0 Å². The van der Waals surface area contributed by atoms with Crippen molar-refractivity contribution >= 4 is 21.7 Å². The summed E-state index contributed by atoms with van der Waals surface area (Å²) in [7, 11) is 0. The minimum atomic E-state index is -0.263. The van der Waals surface area contributed by atoms with Gasteiger partial charge in [0, 0.05) is 12.0 Å². The van der Waals surface area contributed by atoms with Gasteiger partial charge in [-0.25, -0.2) is 9.97 Å². The van der Waals surface area contributed by atoms with Crippen LogP contribution in [0.5, 0.6) is 0 Å². The van der Waals surface area contributed by atoms with Gasteiger partial charge in [-0.1, -0.05) is 19.3 Å². The molecular weight excluding hydrogens is 306 g/mol. The van der Waals surface area contributed by atoms with Gasteiger partial charge >= 0.3 is 0 Å². The average Bonchev–Trinajstić information content (AvgIpc) is 3.19. The number of aromatic nitrogens is 2. The fourth-order valence-corrected chi connectivity index (χ4v) is 3.08. The molecule has 0 spiro atoms. The van der Waals surface area contributed by atoms with E-state index in [0.29, 0.717) is 5.92 Å². The van der Waals surface area contributed by atoms with E-state index in [1.807, 2.05) is 6.07 Å². The molecule has 0 amide bonds. The molecule has 4 nitrogen and oxygen atoms in total. The van der Waals surface area contributed by atoms with Crippen molar-refractivity contribution in [2.45, 2.75) is 63.0 Å². The summed E-state index contributed by atoms with van der Waals surface area (Å²) >= 11 is 3.45. The zero-order valence-corrected chi connectivity index (χ0v) is 12.6. The molecule has 0 bridgehead atoms. The molecule has 2 saturated carbocycles. The van der Waals surface area contributed by atoms with Crippen LogP contribution in [0.3, 0.4) is 0 Å². The molecule has 1 aromatic heterocycles. The van der Waals surface area contributed by atoms with Crippen LogP contribution in [-0.4, -0.2) is 27.2 Å². The van der Waals surface area contributed by atoms with Crippen molar-refractivity contribution in [3.05, 3.63) is 16.5 Å². The van der Waals surface area contributed by atoms with Crippen molar-refractivity contribution in [2.24, 2.45) is 0 Å². The molecule has 0 radical (unpaired) electrons. The number of aliphatic hydroxyl groups excluding tert-OH is 1. The first-order chi connectivity index (χ1) is 9.22. The highest BCUT2D eigenvalue weighted by atomic mass is 79.9. The fourth-order valence-electron chi connectivity index (χ4n) is 2.68. The zero-order chi connectivity index (χ0) is 13.2. The van der Waals surface area contributed by atoms with Gasteiger partial charge in [0.25, 0.3) is 0 Å². The van der Waals surface area contributed by atoms with Gasteiger partial charge in [0.2, 0.25) is 0 Å². The molecule has 3 rings (SSSR count). The number of nitrogens with zero attached hydrogens (tertiary/aromatic N) is 2. The molecule has 2 aliphatic carbocycles. The van der Waals surface area contributed by atoms with E-state index in [0.717, 1.165) is 35.5 Å². The van der Waals surface area contributed by atoms with E-state index in [-0.39, 0.29) is 12.1 Å². The van der Waals surface area contributed by atoms with E-state index in [2.05, 4.69) is 31.2 Å². The Morgan fingerprint density at radius 2 is 1.89 bits per heavy atom. The smallest absolute Gasteiger partial charge is 0.135 e. The van der Waals surface area contributed by atoms with E-state index < -0.39 is 0 Å². The van der Waals surface area contributed by atoms with Gasteiger partial charge in [0.05, 0.1) is 12.1 Å². The van der Waals surface area contributed by atoms with Gasteiger partial charge in [-0.15, -0.1) is 0 Å². The van der Waals surface area contributed by atoms with E-state index in [9.17, 15) is 5.11 Å². The molecule has 2 aliphatic rings. The van der Waals surface area contributed by atoms with Gasteiger partial charge in [-0.05, 0) is 41.6 Å². The third-order valence-electron chi connectivity index (χ3n) is 3.97. The highest BCUT2D eigenvalue weighted by Gasteiger charge is 2.28. The number of aliphatic hydroxyl groups is 1. The Balaban J connectivity index is 1.74. The lowest BCUT2D eigenvalue weighted by atomic mass is 10.1. The van der Waals surface area contributed by atoms with Crippen LogP contribution in [-0.2, 0) is 0 Å². The fraction of sp³-hybridized carbons (Fsp3) is 0.714. The van der Waals surface area contributed by atoms with Crippen molar-refractivity contribution in [2.75, 3.05) is 5.32 Å². The molecule has 2 atom stereocenters. The second-order valence-electron chi connectivity index (χ2n) is 5.66. The van der Waals surface area contributed by atoms with Crippen LogP contribution in [0.1, 0.15) is 56.7 Å². The van der Waals surface area contributed by atoms with Crippen LogP contribution in [0, 0.1) is 0 Å². The highest BCUT2D eigenvalue weighted by Crippen LogP contribution is 2.39. The Kier molecular flexibility index (Phi) is 4.03. The number of halogens is 1. The average molecular weight is 326 g/mol. The zero-order valence-electron chi connectivity index (χ0n) is 11.0. The number of nitrogens with one attached hydrogen (secondary N) is 1. The minimum absolute atomic E-state index is 0.122. The summed E-state index contributed by atoms with van der Waals surface area (Å²) in [6.45, 7) is 0. The summed E-state index contributed by atoms with van der Waals surface area (Å²) in [5.74, 6) is 2.31. The first-order valence-corrected chi connectivity index (χ1v) is 8.01. The van der Waals surface area contributed by atoms with Crippen LogP contribution in [0.4, 0.5) is 5.82 Å². The quantitative estimate of drug-likeness (QED) is 0.661. The number of hydrogen-bond donors (Lipinski definition) is 2. The van der Waals surface area contributed by atoms with Crippen molar-refractivity contribution in [3.8, 4) is 0 Å².